The lowest BCUT2D eigenvalue weighted by atomic mass is 10.1. The zero-order valence-electron chi connectivity index (χ0n) is 12.2. The van der Waals surface area contributed by atoms with Crippen LogP contribution in [0, 0.1) is 0 Å². The van der Waals surface area contributed by atoms with Crippen molar-refractivity contribution < 1.29 is 9.53 Å². The molecule has 108 valence electrons. The number of ether oxygens (including phenoxy) is 1. The van der Waals surface area contributed by atoms with Crippen molar-refractivity contribution in [2.24, 2.45) is 5.10 Å². The predicted octanol–water partition coefficient (Wildman–Crippen LogP) is 3.24. The van der Waals surface area contributed by atoms with Gasteiger partial charge in [-0.25, -0.2) is 5.43 Å². The van der Waals surface area contributed by atoms with E-state index in [1.807, 2.05) is 37.3 Å². The molecule has 4 heteroatoms. The van der Waals surface area contributed by atoms with E-state index in [9.17, 15) is 4.79 Å². The van der Waals surface area contributed by atoms with E-state index < -0.39 is 0 Å². The van der Waals surface area contributed by atoms with E-state index in [0.717, 1.165) is 17.7 Å². The second-order valence-corrected chi connectivity index (χ2v) is 4.45. The van der Waals surface area contributed by atoms with E-state index in [1.54, 1.807) is 31.4 Å². The number of methoxy groups -OCH3 is 1. The summed E-state index contributed by atoms with van der Waals surface area (Å²) in [4.78, 5) is 12.0. The number of hydrogen-bond acceptors (Lipinski definition) is 3. The van der Waals surface area contributed by atoms with Crippen LogP contribution in [-0.4, -0.2) is 18.7 Å². The predicted molar refractivity (Wildman–Crippen MR) is 83.7 cm³/mol. The minimum atomic E-state index is -0.237. The molecule has 1 amide bonds. The zero-order chi connectivity index (χ0) is 15.1. The highest BCUT2D eigenvalue weighted by atomic mass is 16.5. The molecule has 0 aliphatic carbocycles. The molecule has 2 rings (SSSR count). The molecule has 21 heavy (non-hydrogen) atoms. The van der Waals surface area contributed by atoms with Crippen LogP contribution in [0.5, 0.6) is 5.75 Å². The van der Waals surface area contributed by atoms with E-state index >= 15 is 0 Å². The Bertz CT molecular complexity index is 619. The van der Waals surface area contributed by atoms with Crippen molar-refractivity contribution in [3.63, 3.8) is 0 Å². The quantitative estimate of drug-likeness (QED) is 0.676. The Morgan fingerprint density at radius 3 is 2.29 bits per heavy atom. The van der Waals surface area contributed by atoms with Crippen LogP contribution in [0.1, 0.15) is 29.3 Å². The Kier molecular flexibility index (Phi) is 5.10. The molecule has 1 N–H and O–H groups in total. The molecule has 0 radical (unpaired) electrons. The molecular weight excluding hydrogens is 264 g/mol. The lowest BCUT2D eigenvalue weighted by Gasteiger charge is -2.06. The molecule has 0 fully saturated rings. The van der Waals surface area contributed by atoms with Crippen LogP contribution in [0.2, 0.25) is 0 Å². The maximum absolute atomic E-state index is 12.0. The topological polar surface area (TPSA) is 50.7 Å². The highest BCUT2D eigenvalue weighted by molar-refractivity contribution is 6.02. The van der Waals surface area contributed by atoms with E-state index in [2.05, 4.69) is 10.5 Å². The van der Waals surface area contributed by atoms with Crippen molar-refractivity contribution in [1.29, 1.82) is 0 Å². The van der Waals surface area contributed by atoms with Crippen molar-refractivity contribution >= 4 is 11.6 Å². The molecule has 0 saturated carbocycles. The maximum Gasteiger partial charge on any atom is 0.271 e. The second kappa shape index (κ2) is 7.24. The first-order valence-corrected chi connectivity index (χ1v) is 6.81. The van der Waals surface area contributed by atoms with Crippen LogP contribution in [0.4, 0.5) is 0 Å². The summed E-state index contributed by atoms with van der Waals surface area (Å²) >= 11 is 0. The lowest BCUT2D eigenvalue weighted by molar-refractivity contribution is 0.0955. The zero-order valence-corrected chi connectivity index (χ0v) is 12.2. The Hall–Kier alpha value is -2.62. The van der Waals surface area contributed by atoms with Crippen molar-refractivity contribution in [2.45, 2.75) is 13.3 Å². The van der Waals surface area contributed by atoms with E-state index in [0.29, 0.717) is 11.3 Å². The minimum Gasteiger partial charge on any atom is -0.497 e. The first-order chi connectivity index (χ1) is 10.2. The van der Waals surface area contributed by atoms with Crippen LogP contribution in [0.25, 0.3) is 0 Å². The molecule has 0 unspecified atom stereocenters. The van der Waals surface area contributed by atoms with Crippen molar-refractivity contribution in [1.82, 2.24) is 5.43 Å². The monoisotopic (exact) mass is 282 g/mol. The van der Waals surface area contributed by atoms with E-state index in [4.69, 9.17) is 4.74 Å². The van der Waals surface area contributed by atoms with Gasteiger partial charge in [0.2, 0.25) is 0 Å². The molecule has 0 atom stereocenters. The van der Waals surface area contributed by atoms with Gasteiger partial charge in [-0.05, 0) is 36.2 Å². The van der Waals surface area contributed by atoms with Gasteiger partial charge in [0.15, 0.2) is 0 Å². The molecule has 2 aromatic rings. The third kappa shape index (κ3) is 3.92. The smallest absolute Gasteiger partial charge is 0.271 e. The van der Waals surface area contributed by atoms with Gasteiger partial charge in [0.1, 0.15) is 5.75 Å². The second-order valence-electron chi connectivity index (χ2n) is 4.45. The highest BCUT2D eigenvalue weighted by Gasteiger charge is 2.06. The van der Waals surface area contributed by atoms with Gasteiger partial charge in [0.25, 0.3) is 5.91 Å². The fraction of sp³-hybridized carbons (Fsp3) is 0.176. The van der Waals surface area contributed by atoms with Crippen LogP contribution in [-0.2, 0) is 0 Å². The van der Waals surface area contributed by atoms with Crippen molar-refractivity contribution in [3.8, 4) is 5.75 Å². The normalized spacial score (nSPS) is 11.0. The summed E-state index contributed by atoms with van der Waals surface area (Å²) in [5, 5.41) is 4.22. The number of benzene rings is 2. The molecule has 4 nitrogen and oxygen atoms in total. The Labute approximate surface area is 124 Å². The summed E-state index contributed by atoms with van der Waals surface area (Å²) < 4.78 is 5.06. The van der Waals surface area contributed by atoms with Gasteiger partial charge in [0.05, 0.1) is 12.8 Å². The van der Waals surface area contributed by atoms with Gasteiger partial charge in [-0.15, -0.1) is 0 Å². The maximum atomic E-state index is 12.0. The minimum absolute atomic E-state index is 0.237. The fourth-order valence-electron chi connectivity index (χ4n) is 1.90. The first kappa shape index (κ1) is 14.8. The van der Waals surface area contributed by atoms with Crippen LogP contribution in [0.15, 0.2) is 59.7 Å². The summed E-state index contributed by atoms with van der Waals surface area (Å²) in [6.45, 7) is 2.01. The van der Waals surface area contributed by atoms with E-state index in [1.165, 1.54) is 0 Å². The standard InChI is InChI=1S/C17H18N2O2/c1-3-16(13-7-5-4-6-8-13)18-19-17(20)14-9-11-15(21-2)12-10-14/h4-12H,3H2,1-2H3,(H,19,20). The molecule has 0 spiro atoms. The number of rotatable bonds is 5. The Morgan fingerprint density at radius 2 is 1.71 bits per heavy atom. The fourth-order valence-corrected chi connectivity index (χ4v) is 1.90. The van der Waals surface area contributed by atoms with Gasteiger partial charge in [-0.3, -0.25) is 4.79 Å². The number of hydrazone groups is 1. The number of hydrogen-bond donors (Lipinski definition) is 1. The molecule has 0 saturated heterocycles. The van der Waals surface area contributed by atoms with E-state index in [-0.39, 0.29) is 5.91 Å². The van der Waals surface area contributed by atoms with Crippen LogP contribution >= 0.6 is 0 Å². The molecule has 0 aromatic heterocycles. The average molecular weight is 282 g/mol. The molecule has 0 aliphatic rings. The first-order valence-electron chi connectivity index (χ1n) is 6.81. The molecule has 0 aliphatic heterocycles. The van der Waals surface area contributed by atoms with Gasteiger partial charge in [-0.2, -0.15) is 5.10 Å². The third-order valence-corrected chi connectivity index (χ3v) is 3.09. The Balaban J connectivity index is 2.09. The molecule has 2 aromatic carbocycles. The van der Waals surface area contributed by atoms with Gasteiger partial charge in [-0.1, -0.05) is 37.3 Å². The summed E-state index contributed by atoms with van der Waals surface area (Å²) in [5.74, 6) is 0.480. The summed E-state index contributed by atoms with van der Waals surface area (Å²) in [6.07, 6.45) is 0.743. The Morgan fingerprint density at radius 1 is 1.05 bits per heavy atom. The van der Waals surface area contributed by atoms with Crippen molar-refractivity contribution in [2.75, 3.05) is 7.11 Å². The lowest BCUT2D eigenvalue weighted by Crippen LogP contribution is -2.19. The van der Waals surface area contributed by atoms with Crippen LogP contribution in [0.3, 0.4) is 0 Å². The number of amides is 1. The number of carbonyl (C=O) groups is 1. The number of carbonyl (C=O) groups excluding carboxylic acids is 1. The summed E-state index contributed by atoms with van der Waals surface area (Å²) in [5.41, 5.74) is 4.99. The molecule has 0 bridgehead atoms. The van der Waals surface area contributed by atoms with Gasteiger partial charge < -0.3 is 4.74 Å². The average Bonchev–Trinajstić information content (AvgIpc) is 2.56. The SMILES string of the molecule is CCC(=NNC(=O)c1ccc(OC)cc1)c1ccccc1. The molecular formula is C17H18N2O2. The number of nitrogens with one attached hydrogen (secondary N) is 1. The van der Waals surface area contributed by atoms with Crippen LogP contribution < -0.4 is 10.2 Å². The van der Waals surface area contributed by atoms with Gasteiger partial charge >= 0.3 is 0 Å². The highest BCUT2D eigenvalue weighted by Crippen LogP contribution is 2.11. The summed E-state index contributed by atoms with van der Waals surface area (Å²) in [6, 6.07) is 16.7. The van der Waals surface area contributed by atoms with Crippen molar-refractivity contribution in [3.05, 3.63) is 65.7 Å². The third-order valence-electron chi connectivity index (χ3n) is 3.09. The van der Waals surface area contributed by atoms with Gasteiger partial charge in [0, 0.05) is 5.56 Å². The largest absolute Gasteiger partial charge is 0.497 e. The molecule has 0 heterocycles. The number of nitrogens with zero attached hydrogens (tertiary/aromatic N) is 1. The summed E-state index contributed by atoms with van der Waals surface area (Å²) in [7, 11) is 1.59.